The van der Waals surface area contributed by atoms with E-state index < -0.39 is 5.54 Å². The third kappa shape index (κ3) is 2.77. The van der Waals surface area contributed by atoms with Crippen LogP contribution in [0.4, 0.5) is 0 Å². The van der Waals surface area contributed by atoms with Crippen molar-refractivity contribution in [2.75, 3.05) is 6.61 Å². The van der Waals surface area contributed by atoms with E-state index >= 15 is 0 Å². The minimum atomic E-state index is -0.461. The largest absolute Gasteiger partial charge is 0.394 e. The van der Waals surface area contributed by atoms with E-state index in [2.05, 4.69) is 11.4 Å². The average molecular weight is 258 g/mol. The summed E-state index contributed by atoms with van der Waals surface area (Å²) < 4.78 is 0. The van der Waals surface area contributed by atoms with Gasteiger partial charge >= 0.3 is 0 Å². The number of aryl methyl sites for hydroxylation is 1. The lowest BCUT2D eigenvalue weighted by atomic mass is 9.97. The first-order valence-corrected chi connectivity index (χ1v) is 6.54. The highest BCUT2D eigenvalue weighted by Crippen LogP contribution is 2.29. The Morgan fingerprint density at radius 2 is 2.16 bits per heavy atom. The molecule has 4 heteroatoms. The summed E-state index contributed by atoms with van der Waals surface area (Å²) in [5.41, 5.74) is 1.44. The first-order chi connectivity index (χ1) is 9.10. The maximum absolute atomic E-state index is 12.3. The van der Waals surface area contributed by atoms with Gasteiger partial charge in [0.05, 0.1) is 23.8 Å². The highest BCUT2D eigenvalue weighted by atomic mass is 16.3. The number of aliphatic hydroxyl groups is 1. The number of carbonyl (C=O) groups is 1. The topological polar surface area (TPSA) is 73.1 Å². The van der Waals surface area contributed by atoms with Crippen LogP contribution in [0.25, 0.3) is 0 Å². The zero-order chi connectivity index (χ0) is 13.9. The standard InChI is InChI=1S/C15H18N2O2/c1-11-8-12(9-16)4-5-13(11)14(19)17-15(10-18)6-2-3-7-15/h4-5,8,18H,2-3,6-7,10H2,1H3,(H,17,19). The van der Waals surface area contributed by atoms with Crippen molar-refractivity contribution in [3.05, 3.63) is 34.9 Å². The summed E-state index contributed by atoms with van der Waals surface area (Å²) >= 11 is 0. The van der Waals surface area contributed by atoms with Crippen LogP contribution in [0.2, 0.25) is 0 Å². The van der Waals surface area contributed by atoms with Crippen molar-refractivity contribution in [2.24, 2.45) is 0 Å². The third-order valence-corrected chi connectivity index (χ3v) is 3.84. The van der Waals surface area contributed by atoms with E-state index in [1.54, 1.807) is 18.2 Å². The molecule has 2 N–H and O–H groups in total. The van der Waals surface area contributed by atoms with E-state index in [1.807, 2.05) is 6.92 Å². The van der Waals surface area contributed by atoms with E-state index in [9.17, 15) is 9.90 Å². The highest BCUT2D eigenvalue weighted by Gasteiger charge is 2.35. The number of aliphatic hydroxyl groups excluding tert-OH is 1. The van der Waals surface area contributed by atoms with Crippen molar-refractivity contribution < 1.29 is 9.90 Å². The van der Waals surface area contributed by atoms with E-state index in [0.29, 0.717) is 11.1 Å². The van der Waals surface area contributed by atoms with Gasteiger partial charge in [0.2, 0.25) is 0 Å². The first kappa shape index (κ1) is 13.6. The molecule has 0 unspecified atom stereocenters. The second-order valence-electron chi connectivity index (χ2n) is 5.24. The summed E-state index contributed by atoms with van der Waals surface area (Å²) in [6.45, 7) is 1.80. The predicted octanol–water partition coefficient (Wildman–Crippen LogP) is 1.90. The second-order valence-corrected chi connectivity index (χ2v) is 5.24. The molecule has 4 nitrogen and oxygen atoms in total. The molecule has 2 rings (SSSR count). The molecule has 1 aromatic rings. The lowest BCUT2D eigenvalue weighted by Gasteiger charge is -2.28. The Morgan fingerprint density at radius 1 is 1.47 bits per heavy atom. The van der Waals surface area contributed by atoms with Crippen LogP contribution in [0, 0.1) is 18.3 Å². The molecule has 0 radical (unpaired) electrons. The number of benzene rings is 1. The molecule has 1 aliphatic rings. The quantitative estimate of drug-likeness (QED) is 0.869. The van der Waals surface area contributed by atoms with Gasteiger partial charge in [0, 0.05) is 5.56 Å². The molecule has 1 saturated carbocycles. The summed E-state index contributed by atoms with van der Waals surface area (Å²) in [6.07, 6.45) is 3.72. The number of nitriles is 1. The molecule has 0 spiro atoms. The van der Waals surface area contributed by atoms with Crippen molar-refractivity contribution in [2.45, 2.75) is 38.1 Å². The second kappa shape index (κ2) is 5.41. The zero-order valence-corrected chi connectivity index (χ0v) is 11.1. The molecule has 0 heterocycles. The molecule has 0 aromatic heterocycles. The highest BCUT2D eigenvalue weighted by molar-refractivity contribution is 5.96. The van der Waals surface area contributed by atoms with Crippen LogP contribution in [0.1, 0.15) is 47.2 Å². The summed E-state index contributed by atoms with van der Waals surface area (Å²) in [6, 6.07) is 7.07. The van der Waals surface area contributed by atoms with Crippen LogP contribution < -0.4 is 5.32 Å². The summed E-state index contributed by atoms with van der Waals surface area (Å²) in [7, 11) is 0. The van der Waals surface area contributed by atoms with Gasteiger partial charge in [-0.05, 0) is 43.5 Å². The van der Waals surface area contributed by atoms with Gasteiger partial charge in [0.1, 0.15) is 0 Å². The molecule has 0 atom stereocenters. The van der Waals surface area contributed by atoms with E-state index in [4.69, 9.17) is 5.26 Å². The lowest BCUT2D eigenvalue weighted by molar-refractivity contribution is 0.0838. The van der Waals surface area contributed by atoms with E-state index in [0.717, 1.165) is 31.2 Å². The molecule has 0 aliphatic heterocycles. The van der Waals surface area contributed by atoms with Gasteiger partial charge in [-0.25, -0.2) is 0 Å². The smallest absolute Gasteiger partial charge is 0.252 e. The minimum Gasteiger partial charge on any atom is -0.394 e. The summed E-state index contributed by atoms with van der Waals surface area (Å²) in [5.74, 6) is -0.169. The monoisotopic (exact) mass is 258 g/mol. The van der Waals surface area contributed by atoms with E-state index in [-0.39, 0.29) is 12.5 Å². The Morgan fingerprint density at radius 3 is 2.68 bits per heavy atom. The average Bonchev–Trinajstić information content (AvgIpc) is 2.87. The Labute approximate surface area is 113 Å². The van der Waals surface area contributed by atoms with Crippen LogP contribution in [0.15, 0.2) is 18.2 Å². The number of nitrogens with one attached hydrogen (secondary N) is 1. The van der Waals surface area contributed by atoms with Crippen LogP contribution in [-0.2, 0) is 0 Å². The van der Waals surface area contributed by atoms with Crippen molar-refractivity contribution >= 4 is 5.91 Å². The van der Waals surface area contributed by atoms with Gasteiger partial charge in [-0.1, -0.05) is 12.8 Å². The first-order valence-electron chi connectivity index (χ1n) is 6.54. The normalized spacial score (nSPS) is 16.9. The van der Waals surface area contributed by atoms with Crippen molar-refractivity contribution in [1.29, 1.82) is 5.26 Å². The Balaban J connectivity index is 2.18. The molecular formula is C15H18N2O2. The Hall–Kier alpha value is -1.86. The minimum absolute atomic E-state index is 0.0198. The molecule has 19 heavy (non-hydrogen) atoms. The molecular weight excluding hydrogens is 240 g/mol. The predicted molar refractivity (Wildman–Crippen MR) is 71.6 cm³/mol. The lowest BCUT2D eigenvalue weighted by Crippen LogP contribution is -2.49. The molecule has 0 bridgehead atoms. The van der Waals surface area contributed by atoms with Crippen molar-refractivity contribution in [1.82, 2.24) is 5.32 Å². The van der Waals surface area contributed by atoms with Gasteiger partial charge in [0.25, 0.3) is 5.91 Å². The Bertz CT molecular complexity index is 525. The maximum Gasteiger partial charge on any atom is 0.252 e. The fraction of sp³-hybridized carbons (Fsp3) is 0.467. The van der Waals surface area contributed by atoms with Gasteiger partial charge in [0.15, 0.2) is 0 Å². The van der Waals surface area contributed by atoms with Crippen LogP contribution in [0.3, 0.4) is 0 Å². The van der Waals surface area contributed by atoms with Crippen LogP contribution >= 0.6 is 0 Å². The number of amides is 1. The number of carbonyl (C=O) groups excluding carboxylic acids is 1. The summed E-state index contributed by atoms with van der Waals surface area (Å²) in [5, 5.41) is 21.3. The SMILES string of the molecule is Cc1cc(C#N)ccc1C(=O)NC1(CO)CCCC1. The zero-order valence-electron chi connectivity index (χ0n) is 11.1. The van der Waals surface area contributed by atoms with Gasteiger partial charge in [-0.3, -0.25) is 4.79 Å². The number of hydrogen-bond acceptors (Lipinski definition) is 3. The number of nitrogens with zero attached hydrogens (tertiary/aromatic N) is 1. The molecule has 1 fully saturated rings. The molecule has 1 aliphatic carbocycles. The van der Waals surface area contributed by atoms with Crippen molar-refractivity contribution in [3.8, 4) is 6.07 Å². The molecule has 0 saturated heterocycles. The number of hydrogen-bond donors (Lipinski definition) is 2. The van der Waals surface area contributed by atoms with Gasteiger partial charge in [-0.2, -0.15) is 5.26 Å². The maximum atomic E-state index is 12.3. The third-order valence-electron chi connectivity index (χ3n) is 3.84. The van der Waals surface area contributed by atoms with Crippen LogP contribution in [0.5, 0.6) is 0 Å². The fourth-order valence-corrected chi connectivity index (χ4v) is 2.67. The van der Waals surface area contributed by atoms with E-state index in [1.165, 1.54) is 0 Å². The fourth-order valence-electron chi connectivity index (χ4n) is 2.67. The molecule has 1 aromatic carbocycles. The Kier molecular flexibility index (Phi) is 3.87. The molecule has 1 amide bonds. The summed E-state index contributed by atoms with van der Waals surface area (Å²) in [4.78, 5) is 12.3. The van der Waals surface area contributed by atoms with Crippen molar-refractivity contribution in [3.63, 3.8) is 0 Å². The number of rotatable bonds is 3. The van der Waals surface area contributed by atoms with Crippen LogP contribution in [-0.4, -0.2) is 23.2 Å². The molecule has 100 valence electrons. The van der Waals surface area contributed by atoms with Gasteiger partial charge in [-0.15, -0.1) is 0 Å². The van der Waals surface area contributed by atoms with Gasteiger partial charge < -0.3 is 10.4 Å².